The fourth-order valence-electron chi connectivity index (χ4n) is 12.7. The minimum Gasteiger partial charge on any atom is -0.0617 e. The zero-order chi connectivity index (χ0) is 64.1. The molecule has 16 aromatic rings. The summed E-state index contributed by atoms with van der Waals surface area (Å²) in [6.45, 7) is 6.52. The molecule has 0 spiro atoms. The SMILES string of the molecule is [2H]c1c([2H])c([2H])c(-c2ccc3c(c2)c2ccc(Oc4[c-]c5c(cc4)n(-c4cc(-c6ccccc6)cc(-c6ccccc6)c4)c4ccccc4c4cccc6c4n5[c](=[Pt])n6-c4c(-c5ccccc5)cccc4-c4ccccc4)[c-]c2n3-c2cc(C(C)(C)C)ccn2)c([2H])c1[2H]. The molecular weight excluding hydrogens is 1270 g/mol. The normalized spacial score (nSPS) is 12.6. The summed E-state index contributed by atoms with van der Waals surface area (Å²) in [5, 5.41) is 3.67. The monoisotopic (exact) mass is 1330 g/mol. The van der Waals surface area contributed by atoms with Gasteiger partial charge in [0.1, 0.15) is 0 Å². The van der Waals surface area contributed by atoms with Crippen molar-refractivity contribution in [3.8, 4) is 84.3 Å². The van der Waals surface area contributed by atoms with Gasteiger partial charge in [0.25, 0.3) is 0 Å². The molecule has 0 aliphatic heterocycles. The molecule has 89 heavy (non-hydrogen) atoms. The van der Waals surface area contributed by atoms with Crippen LogP contribution in [0.5, 0.6) is 11.5 Å². The van der Waals surface area contributed by atoms with Crippen molar-refractivity contribution in [1.82, 2.24) is 23.1 Å². The van der Waals surface area contributed by atoms with Crippen molar-refractivity contribution in [2.75, 3.05) is 0 Å². The number of imidazole rings is 1. The van der Waals surface area contributed by atoms with Crippen LogP contribution in [0.1, 0.15) is 33.2 Å². The van der Waals surface area contributed by atoms with E-state index in [1.165, 1.54) is 0 Å². The molecule has 0 radical (unpaired) electrons. The van der Waals surface area contributed by atoms with E-state index in [1.807, 2.05) is 48.7 Å². The third-order valence-corrected chi connectivity index (χ3v) is 17.9. The van der Waals surface area contributed by atoms with Crippen LogP contribution in [0.2, 0.25) is 0 Å². The molecule has 0 atom stereocenters. The van der Waals surface area contributed by atoms with E-state index in [4.69, 9.17) is 16.6 Å². The molecular formula is C82H57N5OPt-2. The second-order valence-electron chi connectivity index (χ2n) is 23.3. The first-order valence-electron chi connectivity index (χ1n) is 32.2. The maximum atomic E-state index is 8.93. The van der Waals surface area contributed by atoms with Gasteiger partial charge in [-0.2, -0.15) is 0 Å². The molecule has 428 valence electrons. The average Bonchev–Trinajstić information content (AvgIpc) is 1.52. The van der Waals surface area contributed by atoms with Crippen LogP contribution in [-0.4, -0.2) is 23.1 Å². The van der Waals surface area contributed by atoms with E-state index in [2.05, 4.69) is 283 Å². The van der Waals surface area contributed by atoms with Gasteiger partial charge in [0.2, 0.25) is 0 Å². The summed E-state index contributed by atoms with van der Waals surface area (Å²) in [6, 6.07) is 95.0. The summed E-state index contributed by atoms with van der Waals surface area (Å²) in [6.07, 6.45) is 1.83. The van der Waals surface area contributed by atoms with Crippen molar-refractivity contribution in [3.05, 3.63) is 313 Å². The Morgan fingerprint density at radius 3 is 1.64 bits per heavy atom. The second-order valence-corrected chi connectivity index (χ2v) is 24.4. The predicted molar refractivity (Wildman–Crippen MR) is 363 cm³/mol. The zero-order valence-electron chi connectivity index (χ0n) is 53.8. The molecule has 4 aromatic heterocycles. The van der Waals surface area contributed by atoms with Crippen LogP contribution < -0.4 is 4.74 Å². The Bertz CT molecular complexity index is 5690. The summed E-state index contributed by atoms with van der Waals surface area (Å²) < 4.78 is 60.6. The number of fused-ring (bicyclic) bond motifs is 7. The van der Waals surface area contributed by atoms with Crippen LogP contribution in [0.15, 0.2) is 291 Å². The molecule has 0 saturated heterocycles. The van der Waals surface area contributed by atoms with Crippen molar-refractivity contribution < 1.29 is 30.9 Å². The van der Waals surface area contributed by atoms with Crippen molar-refractivity contribution in [2.45, 2.75) is 26.2 Å². The number of hydrogen-bond acceptors (Lipinski definition) is 2. The number of hydrogen-bond donors (Lipinski definition) is 0. The standard InChI is InChI=1S/C82H57N5O.Pt/c1-82(2,3)63-45-46-83-79(51-63)87-74-43-39-60(55-23-9-4-10-24-55)50-72(74)70-42-40-65(52-77(70)87)88-66-41-44-75-78(53-66)85-54-84(80-67(58-29-15-7-16-30-58)34-21-35-68(80)59-31-17-8-18-32-59)76-38-22-36-71(81(76)85)69-33-19-20-37-73(69)86(75)64-48-61(56-25-11-5-12-26-56)47-62(49-64)57-27-13-6-14-28-57;/h4-51H,1-3H3;/q-2;/i4D,9D,10D,23D,24D;. The van der Waals surface area contributed by atoms with Gasteiger partial charge in [-0.1, -0.05) is 57.0 Å². The third kappa shape index (κ3) is 9.47. The molecule has 0 fully saturated rings. The van der Waals surface area contributed by atoms with Crippen LogP contribution in [0.3, 0.4) is 0 Å². The van der Waals surface area contributed by atoms with Crippen LogP contribution in [0.4, 0.5) is 0 Å². The Morgan fingerprint density at radius 1 is 0.416 bits per heavy atom. The van der Waals surface area contributed by atoms with E-state index in [-0.39, 0.29) is 35.1 Å². The summed E-state index contributed by atoms with van der Waals surface area (Å²) >= 11 is 2.53. The first kappa shape index (κ1) is 48.5. The number of pyridine rings is 1. The molecule has 0 aliphatic rings. The Morgan fingerprint density at radius 2 is 0.978 bits per heavy atom. The fraction of sp³-hybridized carbons (Fsp3) is 0.0488. The Labute approximate surface area is 534 Å². The van der Waals surface area contributed by atoms with Gasteiger partial charge >= 0.3 is 439 Å². The van der Waals surface area contributed by atoms with Crippen molar-refractivity contribution in [3.63, 3.8) is 0 Å². The van der Waals surface area contributed by atoms with E-state index in [0.29, 0.717) is 28.4 Å². The topological polar surface area (TPSA) is 41.3 Å². The number of benzene rings is 12. The molecule has 16 rings (SSSR count). The smallest absolute Gasteiger partial charge is 0.0617 e. The first-order chi connectivity index (χ1) is 45.8. The number of rotatable bonds is 10. The average molecular weight is 1330 g/mol. The van der Waals surface area contributed by atoms with Crippen LogP contribution in [-0.2, 0) is 24.8 Å². The van der Waals surface area contributed by atoms with Gasteiger partial charge in [-0.05, 0) is 28.2 Å². The van der Waals surface area contributed by atoms with Crippen LogP contribution >= 0.6 is 0 Å². The number of para-hydroxylation sites is 3. The molecule has 4 heterocycles. The van der Waals surface area contributed by atoms with Gasteiger partial charge in [-0.15, -0.1) is 0 Å². The van der Waals surface area contributed by atoms with Crippen LogP contribution in [0.25, 0.3) is 133 Å². The Kier molecular flexibility index (Phi) is 11.9. The van der Waals surface area contributed by atoms with Crippen molar-refractivity contribution in [1.29, 1.82) is 0 Å². The molecule has 12 aromatic carbocycles. The molecule has 0 aliphatic carbocycles. The van der Waals surface area contributed by atoms with E-state index < -0.39 is 6.04 Å². The number of ether oxygens (including phenoxy) is 1. The Hall–Kier alpha value is -10.7. The van der Waals surface area contributed by atoms with Gasteiger partial charge in [0.05, 0.1) is 6.85 Å². The third-order valence-electron chi connectivity index (χ3n) is 16.9. The summed E-state index contributed by atoms with van der Waals surface area (Å²) in [7, 11) is 0. The molecule has 0 unspecified atom stereocenters. The first-order valence-corrected chi connectivity index (χ1v) is 30.8. The quantitative estimate of drug-likeness (QED) is 0.128. The van der Waals surface area contributed by atoms with Gasteiger partial charge in [-0.25, -0.2) is 0 Å². The minimum absolute atomic E-state index is 0.127. The van der Waals surface area contributed by atoms with E-state index in [9.17, 15) is 0 Å². The molecule has 0 N–H and O–H groups in total. The van der Waals surface area contributed by atoms with Gasteiger partial charge in [0, 0.05) is 6.20 Å². The van der Waals surface area contributed by atoms with E-state index in [0.717, 1.165) is 120 Å². The number of aromatic nitrogens is 5. The predicted octanol–water partition coefficient (Wildman–Crippen LogP) is 21.1. The van der Waals surface area contributed by atoms with Crippen LogP contribution in [0, 0.1) is 15.9 Å². The second kappa shape index (κ2) is 21.9. The molecule has 0 saturated carbocycles. The van der Waals surface area contributed by atoms with E-state index in [1.54, 1.807) is 0 Å². The van der Waals surface area contributed by atoms with Gasteiger partial charge < -0.3 is 0 Å². The summed E-state index contributed by atoms with van der Waals surface area (Å²) in [5.41, 5.74) is 18.2. The van der Waals surface area contributed by atoms with Crippen molar-refractivity contribution >= 4 is 60.2 Å². The van der Waals surface area contributed by atoms with Crippen molar-refractivity contribution in [2.24, 2.45) is 0 Å². The summed E-state index contributed by atoms with van der Waals surface area (Å²) in [4.78, 5) is 4.98. The minimum atomic E-state index is -0.439. The van der Waals surface area contributed by atoms with Gasteiger partial charge in [-0.3, -0.25) is 0 Å². The zero-order valence-corrected chi connectivity index (χ0v) is 51.1. The maximum absolute atomic E-state index is 8.93. The van der Waals surface area contributed by atoms with E-state index >= 15 is 0 Å². The van der Waals surface area contributed by atoms with Gasteiger partial charge in [0.15, 0.2) is 0 Å². The molecule has 0 bridgehead atoms. The summed E-state index contributed by atoms with van der Waals surface area (Å²) in [5.74, 6) is 1.54. The molecule has 7 heteroatoms. The molecule has 0 amide bonds. The Balaban J connectivity index is 0.995. The fourth-order valence-corrected chi connectivity index (χ4v) is 13.8. The molecule has 6 nitrogen and oxygen atoms in total. The number of nitrogens with zero attached hydrogens (tertiary/aromatic N) is 5.